The Hall–Kier alpha value is -1.34. The van der Waals surface area contributed by atoms with E-state index in [0.717, 1.165) is 51.3 Å². The normalized spacial score (nSPS) is 23.5. The van der Waals surface area contributed by atoms with Gasteiger partial charge in [-0.25, -0.2) is 0 Å². The van der Waals surface area contributed by atoms with Crippen LogP contribution in [0.15, 0.2) is 24.3 Å². The molecule has 2 saturated heterocycles. The maximum atomic E-state index is 10.1. The molecule has 2 atom stereocenters. The zero-order chi connectivity index (χ0) is 16.8. The van der Waals surface area contributed by atoms with Crippen LogP contribution in [0.3, 0.4) is 0 Å². The van der Waals surface area contributed by atoms with E-state index in [1.807, 2.05) is 12.1 Å². The number of hydrogen-bond donors (Lipinski definition) is 2. The number of hydrogen-bond acceptors (Lipinski definition) is 6. The molecule has 1 aromatic carbocycles. The Morgan fingerprint density at radius 2 is 1.92 bits per heavy atom. The minimum Gasteiger partial charge on any atom is -0.508 e. The number of phenolic OH excluding ortho intramolecular Hbond substituents is 1. The summed E-state index contributed by atoms with van der Waals surface area (Å²) < 4.78 is 11.1. The Morgan fingerprint density at radius 1 is 1.17 bits per heavy atom. The van der Waals surface area contributed by atoms with Gasteiger partial charge in [-0.2, -0.15) is 0 Å². The number of phenols is 1. The molecule has 2 aliphatic heterocycles. The lowest BCUT2D eigenvalue weighted by atomic mass is 10.2. The molecule has 0 amide bonds. The SMILES string of the molecule is Oc1ccc(N2CCN(C[C@@H](O)COC[C@H]3CCCO3)CC2)cc1. The van der Waals surface area contributed by atoms with Crippen molar-refractivity contribution < 1.29 is 19.7 Å². The Kier molecular flexibility index (Phi) is 6.31. The summed E-state index contributed by atoms with van der Waals surface area (Å²) in [5.74, 6) is 0.295. The summed E-state index contributed by atoms with van der Waals surface area (Å²) in [6.45, 7) is 6.14. The Bertz CT molecular complexity index is 482. The zero-order valence-electron chi connectivity index (χ0n) is 14.1. The Morgan fingerprint density at radius 3 is 2.58 bits per heavy atom. The van der Waals surface area contributed by atoms with Crippen molar-refractivity contribution in [1.29, 1.82) is 0 Å². The van der Waals surface area contributed by atoms with Crippen molar-refractivity contribution >= 4 is 5.69 Å². The molecule has 0 aromatic heterocycles. The first-order chi connectivity index (χ1) is 11.7. The van der Waals surface area contributed by atoms with Crippen molar-refractivity contribution in [2.24, 2.45) is 0 Å². The third-order valence-electron chi connectivity index (χ3n) is 4.69. The van der Waals surface area contributed by atoms with Crippen LogP contribution in [-0.2, 0) is 9.47 Å². The number of aliphatic hydroxyl groups is 1. The summed E-state index contributed by atoms with van der Waals surface area (Å²) in [6.07, 6.45) is 1.94. The maximum Gasteiger partial charge on any atom is 0.115 e. The molecule has 6 heteroatoms. The molecule has 0 aliphatic carbocycles. The summed E-state index contributed by atoms with van der Waals surface area (Å²) in [7, 11) is 0. The van der Waals surface area contributed by atoms with E-state index in [2.05, 4.69) is 9.80 Å². The van der Waals surface area contributed by atoms with Crippen molar-refractivity contribution in [2.75, 3.05) is 57.4 Å². The van der Waals surface area contributed by atoms with Gasteiger partial charge in [-0.05, 0) is 37.1 Å². The van der Waals surface area contributed by atoms with Gasteiger partial charge in [-0.15, -0.1) is 0 Å². The minimum absolute atomic E-state index is 0.214. The third kappa shape index (κ3) is 5.08. The summed E-state index contributed by atoms with van der Waals surface area (Å²) in [5.41, 5.74) is 1.13. The van der Waals surface area contributed by atoms with Gasteiger partial charge < -0.3 is 24.6 Å². The third-order valence-corrected chi connectivity index (χ3v) is 4.69. The Balaban J connectivity index is 1.33. The van der Waals surface area contributed by atoms with Crippen molar-refractivity contribution in [3.8, 4) is 5.75 Å². The van der Waals surface area contributed by atoms with E-state index >= 15 is 0 Å². The minimum atomic E-state index is -0.452. The number of rotatable bonds is 7. The molecule has 24 heavy (non-hydrogen) atoms. The van der Waals surface area contributed by atoms with Crippen LogP contribution < -0.4 is 4.90 Å². The van der Waals surface area contributed by atoms with Gasteiger partial charge in [-0.1, -0.05) is 0 Å². The quantitative estimate of drug-likeness (QED) is 0.777. The van der Waals surface area contributed by atoms with Gasteiger partial charge in [0.25, 0.3) is 0 Å². The van der Waals surface area contributed by atoms with Crippen LogP contribution in [0.1, 0.15) is 12.8 Å². The summed E-state index contributed by atoms with van der Waals surface area (Å²) in [5, 5.41) is 19.5. The smallest absolute Gasteiger partial charge is 0.115 e. The highest BCUT2D eigenvalue weighted by molar-refractivity contribution is 5.49. The van der Waals surface area contributed by atoms with Crippen molar-refractivity contribution in [3.05, 3.63) is 24.3 Å². The highest BCUT2D eigenvalue weighted by Gasteiger charge is 2.20. The predicted octanol–water partition coefficient (Wildman–Crippen LogP) is 1.07. The lowest BCUT2D eigenvalue weighted by Gasteiger charge is -2.36. The van der Waals surface area contributed by atoms with Gasteiger partial charge in [0.15, 0.2) is 0 Å². The fourth-order valence-corrected chi connectivity index (χ4v) is 3.31. The number of aliphatic hydroxyl groups excluding tert-OH is 1. The van der Waals surface area contributed by atoms with Crippen LogP contribution in [0.5, 0.6) is 5.75 Å². The van der Waals surface area contributed by atoms with E-state index in [1.165, 1.54) is 0 Å². The number of piperazine rings is 1. The van der Waals surface area contributed by atoms with E-state index in [1.54, 1.807) is 12.1 Å². The standard InChI is InChI=1S/C18H28N2O4/c21-16-5-3-15(4-6-16)20-9-7-19(8-10-20)12-17(22)13-23-14-18-2-1-11-24-18/h3-6,17-18,21-22H,1-2,7-14H2/t17-,18-/m1/s1. The number of nitrogens with zero attached hydrogens (tertiary/aromatic N) is 2. The van der Waals surface area contributed by atoms with Gasteiger partial charge in [0.2, 0.25) is 0 Å². The average molecular weight is 336 g/mol. The van der Waals surface area contributed by atoms with E-state index < -0.39 is 6.10 Å². The molecule has 134 valence electrons. The van der Waals surface area contributed by atoms with E-state index in [9.17, 15) is 10.2 Å². The van der Waals surface area contributed by atoms with Crippen LogP contribution in [0, 0.1) is 0 Å². The van der Waals surface area contributed by atoms with Gasteiger partial charge in [-0.3, -0.25) is 4.90 Å². The van der Waals surface area contributed by atoms with Crippen molar-refractivity contribution in [1.82, 2.24) is 4.90 Å². The monoisotopic (exact) mass is 336 g/mol. The van der Waals surface area contributed by atoms with Crippen LogP contribution in [0.25, 0.3) is 0 Å². The average Bonchev–Trinajstić information content (AvgIpc) is 3.10. The number of ether oxygens (including phenoxy) is 2. The molecule has 0 unspecified atom stereocenters. The number of anilines is 1. The molecule has 0 saturated carbocycles. The van der Waals surface area contributed by atoms with Crippen LogP contribution in [0.4, 0.5) is 5.69 Å². The largest absolute Gasteiger partial charge is 0.508 e. The summed E-state index contributed by atoms with van der Waals surface area (Å²) in [4.78, 5) is 4.58. The van der Waals surface area contributed by atoms with E-state index in [0.29, 0.717) is 25.5 Å². The predicted molar refractivity (Wildman–Crippen MR) is 92.6 cm³/mol. The van der Waals surface area contributed by atoms with Gasteiger partial charge in [0.1, 0.15) is 5.75 Å². The highest BCUT2D eigenvalue weighted by atomic mass is 16.5. The molecular weight excluding hydrogens is 308 g/mol. The maximum absolute atomic E-state index is 10.1. The molecule has 3 rings (SSSR count). The molecular formula is C18H28N2O4. The topological polar surface area (TPSA) is 65.4 Å². The van der Waals surface area contributed by atoms with Crippen molar-refractivity contribution in [2.45, 2.75) is 25.0 Å². The highest BCUT2D eigenvalue weighted by Crippen LogP contribution is 2.20. The zero-order valence-corrected chi connectivity index (χ0v) is 14.1. The molecule has 2 aliphatic rings. The molecule has 1 aromatic rings. The van der Waals surface area contributed by atoms with Crippen LogP contribution in [-0.4, -0.2) is 79.9 Å². The molecule has 2 fully saturated rings. The second kappa shape index (κ2) is 8.67. The number of aromatic hydroxyl groups is 1. The fraction of sp³-hybridized carbons (Fsp3) is 0.667. The van der Waals surface area contributed by atoms with Gasteiger partial charge in [0, 0.05) is 45.0 Å². The lowest BCUT2D eigenvalue weighted by Crippen LogP contribution is -2.49. The Labute approximate surface area is 143 Å². The van der Waals surface area contributed by atoms with E-state index in [-0.39, 0.29) is 6.10 Å². The molecule has 0 bridgehead atoms. The number of benzene rings is 1. The first kappa shape index (κ1) is 17.5. The first-order valence-electron chi connectivity index (χ1n) is 8.84. The first-order valence-corrected chi connectivity index (χ1v) is 8.84. The second-order valence-corrected chi connectivity index (χ2v) is 6.63. The molecule has 2 N–H and O–H groups in total. The van der Waals surface area contributed by atoms with Crippen LogP contribution >= 0.6 is 0 Å². The van der Waals surface area contributed by atoms with Gasteiger partial charge in [0.05, 0.1) is 25.4 Å². The lowest BCUT2D eigenvalue weighted by molar-refractivity contribution is -0.0254. The summed E-state index contributed by atoms with van der Waals surface area (Å²) in [6, 6.07) is 7.32. The molecule has 6 nitrogen and oxygen atoms in total. The number of β-amino-alcohol motifs (C(OH)–C–C–N with tert-alkyl or cyclic N) is 1. The van der Waals surface area contributed by atoms with Crippen molar-refractivity contribution in [3.63, 3.8) is 0 Å². The molecule has 2 heterocycles. The second-order valence-electron chi connectivity index (χ2n) is 6.63. The fourth-order valence-electron chi connectivity index (χ4n) is 3.31. The van der Waals surface area contributed by atoms with E-state index in [4.69, 9.17) is 9.47 Å². The van der Waals surface area contributed by atoms with Crippen LogP contribution in [0.2, 0.25) is 0 Å². The molecule has 0 radical (unpaired) electrons. The summed E-state index contributed by atoms with van der Waals surface area (Å²) >= 11 is 0. The van der Waals surface area contributed by atoms with Gasteiger partial charge >= 0.3 is 0 Å². The molecule has 0 spiro atoms.